The topological polar surface area (TPSA) is 44.7 Å². The molecular weight excluding hydrogens is 314 g/mol. The van der Waals surface area contributed by atoms with Gasteiger partial charge < -0.3 is 9.64 Å². The van der Waals surface area contributed by atoms with Crippen LogP contribution in [0.3, 0.4) is 0 Å². The molecule has 1 fully saturated rings. The van der Waals surface area contributed by atoms with Crippen molar-refractivity contribution in [3.8, 4) is 5.75 Å². The number of piperazine rings is 1. The van der Waals surface area contributed by atoms with E-state index in [4.69, 9.17) is 4.74 Å². The summed E-state index contributed by atoms with van der Waals surface area (Å²) in [4.78, 5) is 15.6. The van der Waals surface area contributed by atoms with E-state index in [-0.39, 0.29) is 0 Å². The molecule has 6 heteroatoms. The standard InChI is InChI=1S/C19H27N5O/c1-22(2)19-20-11-15(12-21-19)13-24-10-9-23(3)18(14-24)16-5-7-17(25-4)8-6-16/h5-8,11-12,18H,9-10,13-14H2,1-4H3/t18-/m0/s1. The Morgan fingerprint density at radius 1 is 1.12 bits per heavy atom. The molecule has 0 aliphatic carbocycles. The lowest BCUT2D eigenvalue weighted by Gasteiger charge is -2.39. The van der Waals surface area contributed by atoms with E-state index in [9.17, 15) is 0 Å². The Kier molecular flexibility index (Phi) is 5.50. The molecule has 0 spiro atoms. The predicted octanol–water partition coefficient (Wildman–Crippen LogP) is 2.04. The highest BCUT2D eigenvalue weighted by Crippen LogP contribution is 2.26. The highest BCUT2D eigenvalue weighted by atomic mass is 16.5. The summed E-state index contributed by atoms with van der Waals surface area (Å²) >= 11 is 0. The van der Waals surface area contributed by atoms with Crippen molar-refractivity contribution in [3.05, 3.63) is 47.8 Å². The number of hydrogen-bond acceptors (Lipinski definition) is 6. The van der Waals surface area contributed by atoms with Crippen LogP contribution in [0.5, 0.6) is 5.75 Å². The van der Waals surface area contributed by atoms with E-state index < -0.39 is 0 Å². The Morgan fingerprint density at radius 3 is 2.40 bits per heavy atom. The van der Waals surface area contributed by atoms with E-state index in [0.717, 1.165) is 43.4 Å². The Morgan fingerprint density at radius 2 is 1.80 bits per heavy atom. The molecule has 1 aliphatic rings. The molecule has 0 bridgehead atoms. The van der Waals surface area contributed by atoms with Crippen molar-refractivity contribution in [1.29, 1.82) is 0 Å². The summed E-state index contributed by atoms with van der Waals surface area (Å²) < 4.78 is 5.27. The number of hydrogen-bond donors (Lipinski definition) is 0. The SMILES string of the molecule is COc1ccc([C@@H]2CN(Cc3cnc(N(C)C)nc3)CCN2C)cc1. The molecule has 0 saturated carbocycles. The minimum absolute atomic E-state index is 0.390. The fourth-order valence-electron chi connectivity index (χ4n) is 3.18. The predicted molar refractivity (Wildman–Crippen MR) is 100 cm³/mol. The van der Waals surface area contributed by atoms with Crippen molar-refractivity contribution < 1.29 is 4.74 Å². The van der Waals surface area contributed by atoms with Crippen molar-refractivity contribution in [1.82, 2.24) is 19.8 Å². The normalized spacial score (nSPS) is 19.0. The molecular formula is C19H27N5O. The van der Waals surface area contributed by atoms with E-state index in [1.54, 1.807) is 7.11 Å². The first-order chi connectivity index (χ1) is 12.1. The van der Waals surface area contributed by atoms with Crippen LogP contribution in [0.1, 0.15) is 17.2 Å². The maximum atomic E-state index is 5.27. The number of methoxy groups -OCH3 is 1. The van der Waals surface area contributed by atoms with Gasteiger partial charge in [0.05, 0.1) is 7.11 Å². The third-order valence-corrected chi connectivity index (χ3v) is 4.73. The van der Waals surface area contributed by atoms with Gasteiger partial charge in [-0.1, -0.05) is 12.1 Å². The second-order valence-corrected chi connectivity index (χ2v) is 6.79. The zero-order chi connectivity index (χ0) is 17.8. The van der Waals surface area contributed by atoms with Crippen LogP contribution >= 0.6 is 0 Å². The lowest BCUT2D eigenvalue weighted by molar-refractivity contribution is 0.0903. The van der Waals surface area contributed by atoms with Crippen LogP contribution in [-0.4, -0.2) is 67.7 Å². The van der Waals surface area contributed by atoms with Crippen LogP contribution in [0, 0.1) is 0 Å². The molecule has 134 valence electrons. The number of aromatic nitrogens is 2. The first-order valence-corrected chi connectivity index (χ1v) is 8.61. The summed E-state index contributed by atoms with van der Waals surface area (Å²) in [7, 11) is 7.80. The van der Waals surface area contributed by atoms with Crippen LogP contribution in [0.15, 0.2) is 36.7 Å². The second-order valence-electron chi connectivity index (χ2n) is 6.79. The van der Waals surface area contributed by atoms with Crippen LogP contribution in [0.4, 0.5) is 5.95 Å². The van der Waals surface area contributed by atoms with Gasteiger partial charge >= 0.3 is 0 Å². The number of anilines is 1. The number of ether oxygens (including phenoxy) is 1. The fraction of sp³-hybridized carbons (Fsp3) is 0.474. The molecule has 2 aromatic rings. The minimum atomic E-state index is 0.390. The molecule has 1 aromatic heterocycles. The van der Waals surface area contributed by atoms with Crippen LogP contribution in [0.2, 0.25) is 0 Å². The van der Waals surface area contributed by atoms with Gasteiger partial charge in [-0.15, -0.1) is 0 Å². The molecule has 0 amide bonds. The van der Waals surface area contributed by atoms with Crippen molar-refractivity contribution in [2.45, 2.75) is 12.6 Å². The molecule has 6 nitrogen and oxygen atoms in total. The smallest absolute Gasteiger partial charge is 0.224 e. The van der Waals surface area contributed by atoms with Gasteiger partial charge in [0.15, 0.2) is 0 Å². The Labute approximate surface area is 150 Å². The minimum Gasteiger partial charge on any atom is -0.497 e. The summed E-state index contributed by atoms with van der Waals surface area (Å²) in [5, 5.41) is 0. The van der Waals surface area contributed by atoms with E-state index >= 15 is 0 Å². The average Bonchev–Trinajstić information content (AvgIpc) is 2.64. The number of nitrogens with zero attached hydrogens (tertiary/aromatic N) is 5. The quantitative estimate of drug-likeness (QED) is 0.829. The lowest BCUT2D eigenvalue weighted by atomic mass is 10.0. The molecule has 1 atom stereocenters. The summed E-state index contributed by atoms with van der Waals surface area (Å²) in [5.41, 5.74) is 2.48. The molecule has 0 radical (unpaired) electrons. The van der Waals surface area contributed by atoms with Gasteiger partial charge in [-0.25, -0.2) is 9.97 Å². The van der Waals surface area contributed by atoms with Crippen LogP contribution < -0.4 is 9.64 Å². The number of likely N-dealkylation sites (N-methyl/N-ethyl adjacent to an activating group) is 1. The van der Waals surface area contributed by atoms with Gasteiger partial charge in [-0.05, 0) is 24.7 Å². The molecule has 1 saturated heterocycles. The highest BCUT2D eigenvalue weighted by molar-refractivity contribution is 5.30. The highest BCUT2D eigenvalue weighted by Gasteiger charge is 2.25. The van der Waals surface area contributed by atoms with Crippen LogP contribution in [0.25, 0.3) is 0 Å². The van der Waals surface area contributed by atoms with Crippen molar-refractivity contribution >= 4 is 5.95 Å². The van der Waals surface area contributed by atoms with E-state index in [2.05, 4.69) is 38.9 Å². The molecule has 3 rings (SSSR count). The summed E-state index contributed by atoms with van der Waals surface area (Å²) in [6, 6.07) is 8.80. The Balaban J connectivity index is 1.67. The molecule has 1 aromatic carbocycles. The molecule has 1 aliphatic heterocycles. The van der Waals surface area contributed by atoms with E-state index in [1.165, 1.54) is 5.56 Å². The lowest BCUT2D eigenvalue weighted by Crippen LogP contribution is -2.46. The molecule has 2 heterocycles. The third kappa shape index (κ3) is 4.27. The second kappa shape index (κ2) is 7.80. The van der Waals surface area contributed by atoms with Gasteiger partial charge in [0, 0.05) is 64.3 Å². The monoisotopic (exact) mass is 341 g/mol. The maximum Gasteiger partial charge on any atom is 0.224 e. The summed E-state index contributed by atoms with van der Waals surface area (Å²) in [5.74, 6) is 1.65. The maximum absolute atomic E-state index is 5.27. The van der Waals surface area contributed by atoms with E-state index in [1.807, 2.05) is 43.5 Å². The van der Waals surface area contributed by atoms with Gasteiger partial charge in [-0.2, -0.15) is 0 Å². The van der Waals surface area contributed by atoms with Gasteiger partial charge in [0.2, 0.25) is 5.95 Å². The first kappa shape index (κ1) is 17.6. The fourth-order valence-corrected chi connectivity index (χ4v) is 3.18. The molecule has 0 N–H and O–H groups in total. The Hall–Kier alpha value is -2.18. The largest absolute Gasteiger partial charge is 0.497 e. The zero-order valence-electron chi connectivity index (χ0n) is 15.5. The van der Waals surface area contributed by atoms with Crippen molar-refractivity contribution in [2.24, 2.45) is 0 Å². The Bertz CT molecular complexity index is 671. The first-order valence-electron chi connectivity index (χ1n) is 8.61. The average molecular weight is 341 g/mol. The van der Waals surface area contributed by atoms with E-state index in [0.29, 0.717) is 6.04 Å². The molecule has 25 heavy (non-hydrogen) atoms. The summed E-state index contributed by atoms with van der Waals surface area (Å²) in [6.45, 7) is 3.98. The third-order valence-electron chi connectivity index (χ3n) is 4.73. The van der Waals surface area contributed by atoms with Crippen molar-refractivity contribution in [3.63, 3.8) is 0 Å². The summed E-state index contributed by atoms with van der Waals surface area (Å²) in [6.07, 6.45) is 3.87. The number of rotatable bonds is 5. The number of benzene rings is 1. The molecule has 0 unspecified atom stereocenters. The van der Waals surface area contributed by atoms with Gasteiger partial charge in [-0.3, -0.25) is 9.80 Å². The van der Waals surface area contributed by atoms with Gasteiger partial charge in [0.25, 0.3) is 0 Å². The zero-order valence-corrected chi connectivity index (χ0v) is 15.5. The van der Waals surface area contributed by atoms with Gasteiger partial charge in [0.1, 0.15) is 5.75 Å². The van der Waals surface area contributed by atoms with Crippen LogP contribution in [-0.2, 0) is 6.54 Å². The van der Waals surface area contributed by atoms with Crippen molar-refractivity contribution in [2.75, 3.05) is 52.8 Å².